The fourth-order valence-electron chi connectivity index (χ4n) is 4.71. The number of hydrogen-bond acceptors (Lipinski definition) is 9. The molecule has 1 aromatic heterocycles. The van der Waals surface area contributed by atoms with Crippen LogP contribution in [0.3, 0.4) is 0 Å². The maximum absolute atomic E-state index is 13.7. The van der Waals surface area contributed by atoms with E-state index in [9.17, 15) is 9.59 Å². The summed E-state index contributed by atoms with van der Waals surface area (Å²) in [7, 11) is 2.92. The second-order valence-corrected chi connectivity index (χ2v) is 9.23. The number of carbonyl (C=O) groups is 2. The van der Waals surface area contributed by atoms with E-state index in [1.165, 1.54) is 25.8 Å². The van der Waals surface area contributed by atoms with Crippen molar-refractivity contribution in [2.45, 2.75) is 70.5 Å². The summed E-state index contributed by atoms with van der Waals surface area (Å²) >= 11 is 1.18. The molecule has 1 aliphatic carbocycles. The highest BCUT2D eigenvalue weighted by atomic mass is 32.1. The highest BCUT2D eigenvalue weighted by molar-refractivity contribution is 7.09. The summed E-state index contributed by atoms with van der Waals surface area (Å²) in [6.45, 7) is 4.19. The number of nitrogens with one attached hydrogen (secondary N) is 2. The Bertz CT molecular complexity index is 710. The van der Waals surface area contributed by atoms with Gasteiger partial charge in [-0.25, -0.2) is 0 Å². The number of nitrogens with zero attached hydrogens (tertiary/aromatic N) is 2. The predicted molar refractivity (Wildman–Crippen MR) is 111 cm³/mol. The van der Waals surface area contributed by atoms with Gasteiger partial charge in [-0.3, -0.25) is 14.9 Å². The summed E-state index contributed by atoms with van der Waals surface area (Å²) in [6.07, 6.45) is 5.80. The van der Waals surface area contributed by atoms with Crippen molar-refractivity contribution < 1.29 is 19.1 Å². The highest BCUT2D eigenvalue weighted by Gasteiger charge is 2.45. The molecule has 1 aromatic rings. The Kier molecular flexibility index (Phi) is 7.45. The molecule has 1 saturated carbocycles. The molecular formula is C20H32N4O4S. The summed E-state index contributed by atoms with van der Waals surface area (Å²) in [5, 5.41) is 7.18. The van der Waals surface area contributed by atoms with E-state index in [0.29, 0.717) is 29.4 Å². The monoisotopic (exact) mass is 424 g/mol. The molecule has 2 heterocycles. The Morgan fingerprint density at radius 3 is 2.69 bits per heavy atom. The Labute approximate surface area is 176 Å². The van der Waals surface area contributed by atoms with Crippen molar-refractivity contribution in [3.63, 3.8) is 0 Å². The van der Waals surface area contributed by atoms with Gasteiger partial charge in [-0.15, -0.1) is 4.37 Å². The third-order valence-electron chi connectivity index (χ3n) is 6.05. The van der Waals surface area contributed by atoms with Crippen LogP contribution < -0.4 is 15.4 Å². The molecule has 8 nitrogen and oxygen atoms in total. The topological polar surface area (TPSA) is 102 Å². The van der Waals surface area contributed by atoms with Crippen LogP contribution in [-0.4, -0.2) is 53.5 Å². The number of aromatic nitrogens is 2. The van der Waals surface area contributed by atoms with E-state index in [2.05, 4.69) is 33.8 Å². The van der Waals surface area contributed by atoms with Crippen LogP contribution in [0.2, 0.25) is 0 Å². The number of piperidine rings is 1. The second-order valence-electron chi connectivity index (χ2n) is 8.48. The third-order valence-corrected chi connectivity index (χ3v) is 6.68. The van der Waals surface area contributed by atoms with Gasteiger partial charge in [0.15, 0.2) is 5.78 Å². The molecule has 3 rings (SSSR count). The first kappa shape index (κ1) is 22.0. The molecule has 0 amide bonds. The lowest BCUT2D eigenvalue weighted by molar-refractivity contribution is -0.146. The molecule has 0 bridgehead atoms. The van der Waals surface area contributed by atoms with Crippen LogP contribution in [0.25, 0.3) is 0 Å². The van der Waals surface area contributed by atoms with Crippen LogP contribution in [0.1, 0.15) is 52.4 Å². The zero-order valence-corrected chi connectivity index (χ0v) is 18.5. The molecule has 2 unspecified atom stereocenters. The number of ether oxygens (including phenoxy) is 2. The molecule has 2 N–H and O–H groups in total. The summed E-state index contributed by atoms with van der Waals surface area (Å²) in [6, 6.07) is -0.884. The van der Waals surface area contributed by atoms with Crippen LogP contribution in [-0.2, 0) is 14.3 Å². The number of esters is 1. The molecule has 0 radical (unpaired) electrons. The summed E-state index contributed by atoms with van der Waals surface area (Å²) in [5.41, 5.74) is 0. The number of anilines is 1. The summed E-state index contributed by atoms with van der Waals surface area (Å²) < 4.78 is 14.1. The van der Waals surface area contributed by atoms with Gasteiger partial charge in [-0.1, -0.05) is 33.1 Å². The first-order valence-corrected chi connectivity index (χ1v) is 11.2. The smallest absolute Gasteiger partial charge is 0.329 e. The second kappa shape index (κ2) is 9.84. The van der Waals surface area contributed by atoms with Gasteiger partial charge in [0.25, 0.3) is 0 Å². The fourth-order valence-corrected chi connectivity index (χ4v) is 5.31. The zero-order valence-electron chi connectivity index (χ0n) is 17.6. The Hall–Kier alpha value is -1.74. The minimum absolute atomic E-state index is 0.0957. The summed E-state index contributed by atoms with van der Waals surface area (Å²) in [4.78, 5) is 30.2. The van der Waals surface area contributed by atoms with Crippen molar-refractivity contribution in [2.75, 3.05) is 19.5 Å². The number of carbonyl (C=O) groups excluding carboxylic acids is 2. The Balaban J connectivity index is 1.81. The number of hydrogen-bond donors (Lipinski definition) is 2. The van der Waals surface area contributed by atoms with E-state index in [-0.39, 0.29) is 23.7 Å². The van der Waals surface area contributed by atoms with E-state index in [1.54, 1.807) is 0 Å². The zero-order chi connectivity index (χ0) is 21.0. The number of Topliss-reactive ketones (excluding diaryl/α,β-unsaturated/α-hetero) is 1. The van der Waals surface area contributed by atoms with Gasteiger partial charge in [0, 0.05) is 11.5 Å². The lowest BCUT2D eigenvalue weighted by Crippen LogP contribution is -2.61. The molecule has 2 fully saturated rings. The number of ketones is 1. The van der Waals surface area contributed by atoms with Crippen molar-refractivity contribution in [1.29, 1.82) is 0 Å². The third kappa shape index (κ3) is 5.25. The molecule has 1 saturated heterocycles. The van der Waals surface area contributed by atoms with Crippen molar-refractivity contribution in [1.82, 2.24) is 14.7 Å². The molecule has 162 valence electrons. The van der Waals surface area contributed by atoms with Crippen LogP contribution in [0.4, 0.5) is 5.13 Å². The maximum Gasteiger partial charge on any atom is 0.329 e. The van der Waals surface area contributed by atoms with Gasteiger partial charge in [-0.2, -0.15) is 4.98 Å². The van der Waals surface area contributed by atoms with Crippen molar-refractivity contribution >= 4 is 28.4 Å². The van der Waals surface area contributed by atoms with Gasteiger partial charge >= 0.3 is 12.0 Å². The maximum atomic E-state index is 13.7. The van der Waals surface area contributed by atoms with Gasteiger partial charge < -0.3 is 14.8 Å². The Morgan fingerprint density at radius 2 is 2.03 bits per heavy atom. The molecule has 0 aromatic carbocycles. The van der Waals surface area contributed by atoms with E-state index in [0.717, 1.165) is 32.1 Å². The number of fused-ring (bicyclic) bond motifs is 1. The van der Waals surface area contributed by atoms with Crippen LogP contribution in [0.5, 0.6) is 6.01 Å². The molecule has 29 heavy (non-hydrogen) atoms. The van der Waals surface area contributed by atoms with E-state index in [4.69, 9.17) is 9.47 Å². The number of methoxy groups -OCH3 is 2. The SMILES string of the molecule is COC(=O)[C@@H]1C[C@H]2CCCC[C@@H]2C(C(=O)C(CC(C)C)Nc2nc(OC)ns2)N1. The highest BCUT2D eigenvalue weighted by Crippen LogP contribution is 2.39. The predicted octanol–water partition coefficient (Wildman–Crippen LogP) is 2.65. The molecular weight excluding hydrogens is 392 g/mol. The van der Waals surface area contributed by atoms with Gasteiger partial charge in [-0.05, 0) is 37.0 Å². The summed E-state index contributed by atoms with van der Waals surface area (Å²) in [5.74, 6) is 0.780. The van der Waals surface area contributed by atoms with Crippen LogP contribution in [0.15, 0.2) is 0 Å². The molecule has 0 spiro atoms. The number of rotatable bonds is 8. The lowest BCUT2D eigenvalue weighted by Gasteiger charge is -2.44. The van der Waals surface area contributed by atoms with Crippen molar-refractivity contribution in [3.05, 3.63) is 0 Å². The van der Waals surface area contributed by atoms with Crippen molar-refractivity contribution in [2.24, 2.45) is 17.8 Å². The van der Waals surface area contributed by atoms with Crippen molar-refractivity contribution in [3.8, 4) is 6.01 Å². The Morgan fingerprint density at radius 1 is 1.28 bits per heavy atom. The van der Waals surface area contributed by atoms with Crippen LogP contribution >= 0.6 is 11.5 Å². The quantitative estimate of drug-likeness (QED) is 0.614. The standard InChI is InChI=1S/C20H32N4O4S/c1-11(2)9-14(22-20-23-19(28-4)24-29-20)17(25)16-13-8-6-5-7-12(13)10-15(21-16)18(26)27-3/h11-16,21H,5-10H2,1-4H3,(H,22,23,24)/t12-,13+,14?,15+,16?/m1/s1. The minimum atomic E-state index is -0.422. The van der Waals surface area contributed by atoms with E-state index >= 15 is 0 Å². The minimum Gasteiger partial charge on any atom is -0.468 e. The first-order chi connectivity index (χ1) is 13.9. The average molecular weight is 425 g/mol. The van der Waals surface area contributed by atoms with E-state index in [1.807, 2.05) is 0 Å². The average Bonchev–Trinajstić information content (AvgIpc) is 3.18. The van der Waals surface area contributed by atoms with Crippen LogP contribution in [0, 0.1) is 17.8 Å². The lowest BCUT2D eigenvalue weighted by atomic mass is 9.68. The van der Waals surface area contributed by atoms with E-state index < -0.39 is 12.1 Å². The molecule has 2 aliphatic rings. The van der Waals surface area contributed by atoms with Gasteiger partial charge in [0.05, 0.1) is 26.3 Å². The van der Waals surface area contributed by atoms with Gasteiger partial charge in [0.1, 0.15) is 6.04 Å². The normalized spacial score (nSPS) is 27.8. The first-order valence-electron chi connectivity index (χ1n) is 10.4. The molecule has 1 aliphatic heterocycles. The fraction of sp³-hybridized carbons (Fsp3) is 0.800. The van der Waals surface area contributed by atoms with Gasteiger partial charge in [0.2, 0.25) is 5.13 Å². The molecule has 9 heteroatoms. The molecule has 5 atom stereocenters. The largest absolute Gasteiger partial charge is 0.468 e.